The third-order valence-corrected chi connectivity index (χ3v) is 3.40. The van der Waals surface area contributed by atoms with E-state index in [0.29, 0.717) is 33.9 Å². The van der Waals surface area contributed by atoms with Gasteiger partial charge in [-0.05, 0) is 45.0 Å². The molecule has 1 aromatic heterocycles. The second-order valence-corrected chi connectivity index (χ2v) is 5.03. The smallest absolute Gasteiger partial charge is 0.342 e. The Morgan fingerprint density at radius 1 is 1.17 bits per heavy atom. The lowest BCUT2D eigenvalue weighted by Crippen LogP contribution is -2.21. The summed E-state index contributed by atoms with van der Waals surface area (Å²) in [6, 6.07) is 8.37. The van der Waals surface area contributed by atoms with Gasteiger partial charge in [-0.1, -0.05) is 0 Å². The maximum absolute atomic E-state index is 12.0. The number of benzene rings is 1. The molecule has 1 aromatic carbocycles. The summed E-state index contributed by atoms with van der Waals surface area (Å²) in [5.41, 5.74) is 2.08. The van der Waals surface area contributed by atoms with E-state index in [1.54, 1.807) is 45.0 Å². The van der Waals surface area contributed by atoms with Gasteiger partial charge in [0, 0.05) is 11.3 Å². The highest BCUT2D eigenvalue weighted by Crippen LogP contribution is 2.21. The average molecular weight is 312 g/mol. The number of furan rings is 1. The summed E-state index contributed by atoms with van der Waals surface area (Å²) in [6.45, 7) is 4.80. The second kappa shape index (κ2) is 6.79. The van der Waals surface area contributed by atoms with Gasteiger partial charge in [-0.25, -0.2) is 4.79 Å². The van der Waals surface area contributed by atoms with Crippen molar-refractivity contribution in [2.75, 3.05) is 11.9 Å². The number of nitrogens with one attached hydrogen (secondary N) is 1. The van der Waals surface area contributed by atoms with Crippen molar-refractivity contribution in [2.24, 2.45) is 0 Å². The zero-order valence-electron chi connectivity index (χ0n) is 13.1. The van der Waals surface area contributed by atoms with Crippen molar-refractivity contribution in [3.63, 3.8) is 0 Å². The Kier molecular flexibility index (Phi) is 4.82. The molecule has 118 valence electrons. The number of esters is 1. The van der Waals surface area contributed by atoms with Gasteiger partial charge < -0.3 is 14.5 Å². The molecule has 0 saturated carbocycles. The minimum Gasteiger partial charge on any atom is -0.465 e. The Balaban J connectivity index is 1.93. The molecule has 1 N–H and O–H groups in total. The first-order chi connectivity index (χ1) is 10.9. The Bertz CT molecular complexity index is 782. The lowest BCUT2D eigenvalue weighted by molar-refractivity contribution is -0.119. The first kappa shape index (κ1) is 16.3. The normalized spacial score (nSPS) is 10.0. The maximum atomic E-state index is 12.0. The lowest BCUT2D eigenvalue weighted by Gasteiger charge is -2.07. The number of hydrogen-bond acceptors (Lipinski definition) is 5. The van der Waals surface area contributed by atoms with E-state index in [-0.39, 0.29) is 0 Å². The van der Waals surface area contributed by atoms with Crippen LogP contribution in [0.2, 0.25) is 0 Å². The third kappa shape index (κ3) is 3.77. The van der Waals surface area contributed by atoms with Gasteiger partial charge in [0.25, 0.3) is 5.91 Å². The van der Waals surface area contributed by atoms with Crippen molar-refractivity contribution in [1.29, 1.82) is 5.26 Å². The Labute approximate surface area is 133 Å². The van der Waals surface area contributed by atoms with E-state index in [0.717, 1.165) is 0 Å². The van der Waals surface area contributed by atoms with Gasteiger partial charge in [-0.15, -0.1) is 0 Å². The highest BCUT2D eigenvalue weighted by Gasteiger charge is 2.20. The van der Waals surface area contributed by atoms with Crippen molar-refractivity contribution in [2.45, 2.75) is 20.8 Å². The molecule has 6 nitrogen and oxygen atoms in total. The molecule has 0 radical (unpaired) electrons. The minimum atomic E-state index is -0.591. The average Bonchev–Trinajstić information content (AvgIpc) is 2.78. The van der Waals surface area contributed by atoms with Crippen molar-refractivity contribution in [3.05, 3.63) is 52.5 Å². The fourth-order valence-electron chi connectivity index (χ4n) is 2.12. The number of aryl methyl sites for hydroxylation is 2. The van der Waals surface area contributed by atoms with Crippen LogP contribution in [0.3, 0.4) is 0 Å². The molecule has 0 saturated heterocycles. The summed E-state index contributed by atoms with van der Waals surface area (Å²) in [7, 11) is 0. The van der Waals surface area contributed by atoms with Gasteiger partial charge in [0.1, 0.15) is 17.1 Å². The zero-order chi connectivity index (χ0) is 17.0. The predicted octanol–water partition coefficient (Wildman–Crippen LogP) is 2.87. The molecule has 0 unspecified atom stereocenters. The summed E-state index contributed by atoms with van der Waals surface area (Å²) in [6.07, 6.45) is 0. The SMILES string of the molecule is Cc1oc(C)c(C(=O)OCC(=O)Nc2ccc(C#N)cc2)c1C. The molecule has 0 fully saturated rings. The minimum absolute atomic E-state index is 0.355. The van der Waals surface area contributed by atoms with Crippen molar-refractivity contribution in [3.8, 4) is 6.07 Å². The largest absolute Gasteiger partial charge is 0.465 e. The number of rotatable bonds is 4. The summed E-state index contributed by atoms with van der Waals surface area (Å²) in [5, 5.41) is 11.3. The van der Waals surface area contributed by atoms with Crippen molar-refractivity contribution < 1.29 is 18.7 Å². The molecule has 0 aliphatic rings. The fourth-order valence-corrected chi connectivity index (χ4v) is 2.12. The lowest BCUT2D eigenvalue weighted by atomic mass is 10.1. The van der Waals surface area contributed by atoms with Crippen LogP contribution < -0.4 is 5.32 Å². The van der Waals surface area contributed by atoms with Gasteiger partial charge in [0.05, 0.1) is 11.6 Å². The highest BCUT2D eigenvalue weighted by molar-refractivity contribution is 5.96. The Morgan fingerprint density at radius 3 is 2.35 bits per heavy atom. The molecule has 0 atom stereocenters. The molecule has 1 amide bonds. The number of nitrogens with zero attached hydrogens (tertiary/aromatic N) is 1. The monoisotopic (exact) mass is 312 g/mol. The molecule has 0 spiro atoms. The van der Waals surface area contributed by atoms with E-state index in [9.17, 15) is 9.59 Å². The van der Waals surface area contributed by atoms with E-state index in [1.165, 1.54) is 0 Å². The quantitative estimate of drug-likeness (QED) is 0.876. The molecule has 2 aromatic rings. The van der Waals surface area contributed by atoms with Crippen LogP contribution >= 0.6 is 0 Å². The number of amides is 1. The molecule has 0 aliphatic heterocycles. The maximum Gasteiger partial charge on any atom is 0.342 e. The van der Waals surface area contributed by atoms with E-state index >= 15 is 0 Å². The number of carbonyl (C=O) groups is 2. The van der Waals surface area contributed by atoms with Gasteiger partial charge in [-0.3, -0.25) is 4.79 Å². The highest BCUT2D eigenvalue weighted by atomic mass is 16.5. The van der Waals surface area contributed by atoms with Gasteiger partial charge in [0.15, 0.2) is 6.61 Å². The molecule has 1 heterocycles. The molecule has 0 bridgehead atoms. The topological polar surface area (TPSA) is 92.3 Å². The molecular formula is C17H16N2O4. The van der Waals surface area contributed by atoms with Crippen LogP contribution in [0, 0.1) is 32.1 Å². The number of ether oxygens (including phenoxy) is 1. The Hall–Kier alpha value is -3.07. The van der Waals surface area contributed by atoms with E-state index in [2.05, 4.69) is 5.32 Å². The number of hydrogen-bond donors (Lipinski definition) is 1. The van der Waals surface area contributed by atoms with E-state index in [1.807, 2.05) is 6.07 Å². The zero-order valence-corrected chi connectivity index (χ0v) is 13.1. The van der Waals surface area contributed by atoms with Crippen LogP contribution in [0.15, 0.2) is 28.7 Å². The molecule has 23 heavy (non-hydrogen) atoms. The predicted molar refractivity (Wildman–Crippen MR) is 83.0 cm³/mol. The van der Waals surface area contributed by atoms with Crippen molar-refractivity contribution >= 4 is 17.6 Å². The Morgan fingerprint density at radius 2 is 1.83 bits per heavy atom. The van der Waals surface area contributed by atoms with Crippen LogP contribution in [0.5, 0.6) is 0 Å². The van der Waals surface area contributed by atoms with Crippen LogP contribution in [-0.2, 0) is 9.53 Å². The second-order valence-electron chi connectivity index (χ2n) is 5.03. The number of nitriles is 1. The molecular weight excluding hydrogens is 296 g/mol. The molecule has 2 rings (SSSR count). The first-order valence-electron chi connectivity index (χ1n) is 6.96. The summed E-state index contributed by atoms with van der Waals surface area (Å²) in [5.74, 6) is 0.0689. The third-order valence-electron chi connectivity index (χ3n) is 3.40. The van der Waals surface area contributed by atoms with Gasteiger partial charge in [0.2, 0.25) is 0 Å². The van der Waals surface area contributed by atoms with E-state index in [4.69, 9.17) is 14.4 Å². The standard InChI is InChI=1S/C17H16N2O4/c1-10-11(2)23-12(3)16(10)17(21)22-9-15(20)19-14-6-4-13(8-18)5-7-14/h4-7H,9H2,1-3H3,(H,19,20). The van der Waals surface area contributed by atoms with Crippen LogP contribution in [0.4, 0.5) is 5.69 Å². The van der Waals surface area contributed by atoms with Gasteiger partial charge in [-0.2, -0.15) is 5.26 Å². The first-order valence-corrected chi connectivity index (χ1v) is 6.96. The molecule has 0 aliphatic carbocycles. The van der Waals surface area contributed by atoms with Gasteiger partial charge >= 0.3 is 5.97 Å². The van der Waals surface area contributed by atoms with E-state index < -0.39 is 18.5 Å². The summed E-state index contributed by atoms with van der Waals surface area (Å²) in [4.78, 5) is 23.8. The number of carbonyl (C=O) groups excluding carboxylic acids is 2. The van der Waals surface area contributed by atoms with Crippen LogP contribution in [0.1, 0.15) is 33.0 Å². The molecule has 6 heteroatoms. The summed E-state index contributed by atoms with van der Waals surface area (Å²) < 4.78 is 10.4. The summed E-state index contributed by atoms with van der Waals surface area (Å²) >= 11 is 0. The number of anilines is 1. The van der Waals surface area contributed by atoms with Crippen LogP contribution in [0.25, 0.3) is 0 Å². The van der Waals surface area contributed by atoms with Crippen LogP contribution in [-0.4, -0.2) is 18.5 Å². The fraction of sp³-hybridized carbons (Fsp3) is 0.235. The van der Waals surface area contributed by atoms with Crippen molar-refractivity contribution in [1.82, 2.24) is 0 Å².